The highest BCUT2D eigenvalue weighted by Gasteiger charge is 2.14. The average molecular weight is 253 g/mol. The van der Waals surface area contributed by atoms with Gasteiger partial charge < -0.3 is 9.88 Å². The molecule has 4 heteroatoms. The first-order valence-electron chi connectivity index (χ1n) is 6.38. The summed E-state index contributed by atoms with van der Waals surface area (Å²) in [6, 6.07) is 13.8. The van der Waals surface area contributed by atoms with Gasteiger partial charge in [-0.05, 0) is 18.1 Å². The van der Waals surface area contributed by atoms with Crippen molar-refractivity contribution in [2.45, 2.75) is 6.42 Å². The van der Waals surface area contributed by atoms with Crippen LogP contribution in [0.5, 0.6) is 0 Å². The van der Waals surface area contributed by atoms with Crippen molar-refractivity contribution in [3.63, 3.8) is 0 Å². The molecule has 0 amide bonds. The third kappa shape index (κ3) is 2.57. The Morgan fingerprint density at radius 1 is 1.16 bits per heavy atom. The Balaban J connectivity index is 1.77. The zero-order valence-electron chi connectivity index (χ0n) is 10.5. The van der Waals surface area contributed by atoms with Crippen LogP contribution in [-0.4, -0.2) is 24.3 Å². The van der Waals surface area contributed by atoms with Crippen LogP contribution in [0.15, 0.2) is 52.3 Å². The molecule has 0 unspecified atom stereocenters. The Kier molecular flexibility index (Phi) is 3.14. The third-order valence-electron chi connectivity index (χ3n) is 3.25. The molecular weight excluding hydrogens is 238 g/mol. The van der Waals surface area contributed by atoms with Gasteiger partial charge in [0.2, 0.25) is 5.56 Å². The molecule has 2 heterocycles. The molecule has 4 nitrogen and oxygen atoms in total. The van der Waals surface area contributed by atoms with Crippen molar-refractivity contribution in [2.75, 3.05) is 18.0 Å². The first-order valence-corrected chi connectivity index (χ1v) is 6.38. The normalized spacial score (nSPS) is 13.4. The second-order valence-corrected chi connectivity index (χ2v) is 4.55. The highest BCUT2D eigenvalue weighted by atomic mass is 16.1. The maximum Gasteiger partial charge on any atom is 0.249 e. The van der Waals surface area contributed by atoms with Gasteiger partial charge in [-0.3, -0.25) is 4.79 Å². The third-order valence-corrected chi connectivity index (χ3v) is 3.25. The zero-order chi connectivity index (χ0) is 13.1. The van der Waals surface area contributed by atoms with Crippen LogP contribution in [0.2, 0.25) is 0 Å². The maximum atomic E-state index is 11.3. The van der Waals surface area contributed by atoms with E-state index >= 15 is 0 Å². The standard InChI is InChI=1S/C15H15N3O/c19-14-7-6-13-15(17-14)16-9-11-18(13)10-8-12-4-2-1-3-5-12/h1-7,9H,8,10-11H2,(H,17,19). The number of nitrogens with zero attached hydrogens (tertiary/aromatic N) is 2. The molecular formula is C15H15N3O. The molecule has 0 radical (unpaired) electrons. The number of pyridine rings is 1. The Hall–Kier alpha value is -2.36. The van der Waals surface area contributed by atoms with E-state index in [9.17, 15) is 4.79 Å². The number of aliphatic imine (C=N–C) groups is 1. The molecule has 1 aliphatic rings. The molecule has 0 spiro atoms. The first kappa shape index (κ1) is 11.7. The highest BCUT2D eigenvalue weighted by molar-refractivity contribution is 5.79. The molecule has 19 heavy (non-hydrogen) atoms. The minimum atomic E-state index is -0.110. The maximum absolute atomic E-state index is 11.3. The van der Waals surface area contributed by atoms with Crippen LogP contribution in [0, 0.1) is 0 Å². The van der Waals surface area contributed by atoms with E-state index in [1.165, 1.54) is 5.56 Å². The fourth-order valence-electron chi connectivity index (χ4n) is 2.26. The minimum Gasteiger partial charge on any atom is -0.363 e. The monoisotopic (exact) mass is 253 g/mol. The van der Waals surface area contributed by atoms with Crippen molar-refractivity contribution in [3.05, 3.63) is 58.4 Å². The van der Waals surface area contributed by atoms with Crippen LogP contribution < -0.4 is 10.5 Å². The van der Waals surface area contributed by atoms with Crippen molar-refractivity contribution in [1.82, 2.24) is 4.98 Å². The van der Waals surface area contributed by atoms with Gasteiger partial charge in [-0.1, -0.05) is 30.3 Å². The molecule has 0 fully saturated rings. The second-order valence-electron chi connectivity index (χ2n) is 4.55. The number of nitrogens with one attached hydrogen (secondary N) is 1. The van der Waals surface area contributed by atoms with Crippen LogP contribution in [0.25, 0.3) is 0 Å². The minimum absolute atomic E-state index is 0.110. The van der Waals surface area contributed by atoms with E-state index in [1.54, 1.807) is 6.07 Å². The van der Waals surface area contributed by atoms with Gasteiger partial charge in [0.25, 0.3) is 0 Å². The number of rotatable bonds is 3. The molecule has 0 bridgehead atoms. The summed E-state index contributed by atoms with van der Waals surface area (Å²) in [6.07, 6.45) is 2.82. The van der Waals surface area contributed by atoms with E-state index < -0.39 is 0 Å². The Morgan fingerprint density at radius 3 is 2.84 bits per heavy atom. The van der Waals surface area contributed by atoms with Crippen molar-refractivity contribution in [1.29, 1.82) is 0 Å². The average Bonchev–Trinajstić information content (AvgIpc) is 2.45. The fourth-order valence-corrected chi connectivity index (χ4v) is 2.26. The van der Waals surface area contributed by atoms with E-state index in [2.05, 4.69) is 39.1 Å². The summed E-state index contributed by atoms with van der Waals surface area (Å²) < 4.78 is 0. The lowest BCUT2D eigenvalue weighted by Crippen LogP contribution is -2.30. The molecule has 2 aromatic rings. The number of hydrogen-bond donors (Lipinski definition) is 1. The molecule has 1 aliphatic heterocycles. The van der Waals surface area contributed by atoms with E-state index in [1.807, 2.05) is 18.3 Å². The summed E-state index contributed by atoms with van der Waals surface area (Å²) in [5, 5.41) is 0. The van der Waals surface area contributed by atoms with Crippen LogP contribution in [0.4, 0.5) is 11.5 Å². The van der Waals surface area contributed by atoms with Gasteiger partial charge in [0.15, 0.2) is 5.82 Å². The van der Waals surface area contributed by atoms with Gasteiger partial charge in [0.05, 0.1) is 12.2 Å². The summed E-state index contributed by atoms with van der Waals surface area (Å²) in [6.45, 7) is 1.70. The Labute approximate surface area is 111 Å². The molecule has 96 valence electrons. The summed E-state index contributed by atoms with van der Waals surface area (Å²) in [7, 11) is 0. The molecule has 0 saturated carbocycles. The largest absolute Gasteiger partial charge is 0.363 e. The molecule has 0 atom stereocenters. The second kappa shape index (κ2) is 5.10. The molecule has 0 aliphatic carbocycles. The SMILES string of the molecule is O=c1ccc2c([nH]1)N=CCN2CCc1ccccc1. The zero-order valence-corrected chi connectivity index (χ0v) is 10.5. The number of aromatic nitrogens is 1. The predicted molar refractivity (Wildman–Crippen MR) is 77.6 cm³/mol. The topological polar surface area (TPSA) is 48.5 Å². The summed E-state index contributed by atoms with van der Waals surface area (Å²) >= 11 is 0. The number of benzene rings is 1. The lowest BCUT2D eigenvalue weighted by Gasteiger charge is -2.26. The van der Waals surface area contributed by atoms with Gasteiger partial charge >= 0.3 is 0 Å². The Morgan fingerprint density at radius 2 is 2.00 bits per heavy atom. The fraction of sp³-hybridized carbons (Fsp3) is 0.200. The Bertz CT molecular complexity index is 646. The van der Waals surface area contributed by atoms with Crippen molar-refractivity contribution < 1.29 is 0 Å². The number of hydrogen-bond acceptors (Lipinski definition) is 3. The highest BCUT2D eigenvalue weighted by Crippen LogP contribution is 2.26. The van der Waals surface area contributed by atoms with Crippen LogP contribution in [0.1, 0.15) is 5.56 Å². The van der Waals surface area contributed by atoms with Gasteiger partial charge in [-0.15, -0.1) is 0 Å². The number of fused-ring (bicyclic) bond motifs is 1. The van der Waals surface area contributed by atoms with E-state index in [-0.39, 0.29) is 5.56 Å². The molecule has 1 N–H and O–H groups in total. The van der Waals surface area contributed by atoms with Gasteiger partial charge in [0, 0.05) is 18.8 Å². The molecule has 1 aromatic heterocycles. The summed E-state index contributed by atoms with van der Waals surface area (Å²) in [5.41, 5.74) is 2.20. The number of H-pyrrole nitrogens is 1. The van der Waals surface area contributed by atoms with Crippen LogP contribution >= 0.6 is 0 Å². The number of anilines is 1. The van der Waals surface area contributed by atoms with Gasteiger partial charge in [0.1, 0.15) is 0 Å². The van der Waals surface area contributed by atoms with Gasteiger partial charge in [-0.2, -0.15) is 0 Å². The summed E-state index contributed by atoms with van der Waals surface area (Å²) in [5.74, 6) is 0.659. The quantitative estimate of drug-likeness (QED) is 0.911. The van der Waals surface area contributed by atoms with Crippen LogP contribution in [-0.2, 0) is 6.42 Å². The summed E-state index contributed by atoms with van der Waals surface area (Å²) in [4.78, 5) is 20.5. The van der Waals surface area contributed by atoms with E-state index in [4.69, 9.17) is 0 Å². The lowest BCUT2D eigenvalue weighted by atomic mass is 10.1. The molecule has 3 rings (SSSR count). The number of aromatic amines is 1. The van der Waals surface area contributed by atoms with Crippen molar-refractivity contribution in [2.24, 2.45) is 4.99 Å². The lowest BCUT2D eigenvalue weighted by molar-refractivity contribution is 0.841. The smallest absolute Gasteiger partial charge is 0.249 e. The van der Waals surface area contributed by atoms with E-state index in [0.717, 1.165) is 25.2 Å². The van der Waals surface area contributed by atoms with Gasteiger partial charge in [-0.25, -0.2) is 4.99 Å². The molecule has 0 saturated heterocycles. The van der Waals surface area contributed by atoms with E-state index in [0.29, 0.717) is 5.82 Å². The van der Waals surface area contributed by atoms with Crippen molar-refractivity contribution >= 4 is 17.7 Å². The van der Waals surface area contributed by atoms with Crippen molar-refractivity contribution in [3.8, 4) is 0 Å². The first-order chi connectivity index (χ1) is 9.33. The molecule has 1 aromatic carbocycles. The predicted octanol–water partition coefficient (Wildman–Crippen LogP) is 2.14. The van der Waals surface area contributed by atoms with Crippen LogP contribution in [0.3, 0.4) is 0 Å².